The first-order valence-electron chi connectivity index (χ1n) is 12.0. The summed E-state index contributed by atoms with van der Waals surface area (Å²) in [5.74, 6) is 6.31. The molecule has 3 nitrogen and oxygen atoms in total. The van der Waals surface area contributed by atoms with Crippen molar-refractivity contribution in [2.75, 3.05) is 0 Å². The second-order valence-electron chi connectivity index (χ2n) is 11.2. The number of nitrogens with zero attached hydrogens (tertiary/aromatic N) is 2. The van der Waals surface area contributed by atoms with Gasteiger partial charge in [-0.25, -0.2) is 0 Å². The second kappa shape index (κ2) is 6.99. The summed E-state index contributed by atoms with van der Waals surface area (Å²) in [7, 11) is 0. The molecular weight excluding hydrogens is 344 g/mol. The van der Waals surface area contributed by atoms with Gasteiger partial charge in [-0.15, -0.1) is 0 Å². The molecule has 0 spiro atoms. The number of aromatic nitrogens is 2. The third-order valence-electron chi connectivity index (χ3n) is 9.69. The van der Waals surface area contributed by atoms with Crippen molar-refractivity contribution in [2.45, 2.75) is 85.1 Å². The lowest BCUT2D eigenvalue weighted by Crippen LogP contribution is -2.49. The van der Waals surface area contributed by atoms with Crippen LogP contribution in [0.2, 0.25) is 0 Å². The molecule has 1 aromatic rings. The Kier molecular flexibility index (Phi) is 4.71. The molecule has 4 aliphatic rings. The molecule has 1 heterocycles. The van der Waals surface area contributed by atoms with E-state index in [4.69, 9.17) is 0 Å². The summed E-state index contributed by atoms with van der Waals surface area (Å²) in [6.45, 7) is 7.46. The van der Waals surface area contributed by atoms with Crippen LogP contribution in [-0.4, -0.2) is 15.6 Å². The lowest BCUT2D eigenvalue weighted by molar-refractivity contribution is -0.131. The van der Waals surface area contributed by atoms with Crippen molar-refractivity contribution in [1.82, 2.24) is 9.78 Å². The second-order valence-corrected chi connectivity index (χ2v) is 11.2. The van der Waals surface area contributed by atoms with E-state index in [1.165, 1.54) is 51.4 Å². The van der Waals surface area contributed by atoms with E-state index in [0.717, 1.165) is 47.5 Å². The highest BCUT2D eigenvalue weighted by molar-refractivity contribution is 5.82. The minimum absolute atomic E-state index is 0.245. The highest BCUT2D eigenvalue weighted by Crippen LogP contribution is 2.64. The van der Waals surface area contributed by atoms with Crippen LogP contribution in [0.3, 0.4) is 0 Å². The van der Waals surface area contributed by atoms with Gasteiger partial charge in [0.25, 0.3) is 0 Å². The molecule has 0 aromatic carbocycles. The minimum atomic E-state index is 0.245. The summed E-state index contributed by atoms with van der Waals surface area (Å²) >= 11 is 0. The van der Waals surface area contributed by atoms with Crippen molar-refractivity contribution >= 4 is 5.78 Å². The monoisotopic (exact) mass is 382 g/mol. The Hall–Kier alpha value is -1.12. The van der Waals surface area contributed by atoms with Gasteiger partial charge < -0.3 is 0 Å². The summed E-state index contributed by atoms with van der Waals surface area (Å²) < 4.78 is 1.86. The van der Waals surface area contributed by atoms with Crippen LogP contribution in [0.1, 0.15) is 77.2 Å². The Morgan fingerprint density at radius 3 is 2.71 bits per heavy atom. The molecule has 0 bridgehead atoms. The molecule has 0 saturated heterocycles. The van der Waals surface area contributed by atoms with Crippen molar-refractivity contribution in [2.24, 2.45) is 46.8 Å². The third-order valence-corrected chi connectivity index (χ3v) is 9.69. The quantitative estimate of drug-likeness (QED) is 0.675. The van der Waals surface area contributed by atoms with Gasteiger partial charge >= 0.3 is 0 Å². The molecule has 0 aliphatic heterocycles. The predicted octanol–water partition coefficient (Wildman–Crippen LogP) is 5.67. The number of ketones is 1. The summed E-state index contributed by atoms with van der Waals surface area (Å²) in [6, 6.07) is 0. The van der Waals surface area contributed by atoms with E-state index in [9.17, 15) is 4.79 Å². The number of carbonyl (C=O) groups excluding carboxylic acids is 1. The van der Waals surface area contributed by atoms with Gasteiger partial charge in [0.05, 0.1) is 12.7 Å². The molecule has 28 heavy (non-hydrogen) atoms. The lowest BCUT2D eigenvalue weighted by Gasteiger charge is -2.56. The molecule has 4 fully saturated rings. The first-order chi connectivity index (χ1) is 13.5. The van der Waals surface area contributed by atoms with Gasteiger partial charge in [0.15, 0.2) is 5.78 Å². The van der Waals surface area contributed by atoms with Gasteiger partial charge in [-0.05, 0) is 105 Å². The Morgan fingerprint density at radius 1 is 1.11 bits per heavy atom. The van der Waals surface area contributed by atoms with Crippen LogP contribution in [0.15, 0.2) is 12.4 Å². The van der Waals surface area contributed by atoms with Crippen LogP contribution in [0.25, 0.3) is 0 Å². The number of fused-ring (bicyclic) bond motifs is 5. The van der Waals surface area contributed by atoms with Gasteiger partial charge in [0.1, 0.15) is 0 Å². The van der Waals surface area contributed by atoms with Crippen LogP contribution >= 0.6 is 0 Å². The number of carbonyl (C=O) groups is 1. The summed E-state index contributed by atoms with van der Waals surface area (Å²) in [4.78, 5) is 13.2. The Morgan fingerprint density at radius 2 is 1.93 bits per heavy atom. The van der Waals surface area contributed by atoms with Gasteiger partial charge in [-0.3, -0.25) is 9.48 Å². The topological polar surface area (TPSA) is 34.9 Å². The van der Waals surface area contributed by atoms with Gasteiger partial charge in [0.2, 0.25) is 0 Å². The zero-order valence-corrected chi connectivity index (χ0v) is 18.1. The van der Waals surface area contributed by atoms with E-state index in [1.807, 2.05) is 24.0 Å². The first kappa shape index (κ1) is 18.9. The lowest BCUT2D eigenvalue weighted by atomic mass is 9.49. The van der Waals surface area contributed by atoms with E-state index < -0.39 is 0 Å². The minimum Gasteiger partial charge on any atom is -0.297 e. The highest BCUT2D eigenvalue weighted by atomic mass is 16.1. The van der Waals surface area contributed by atoms with Crippen LogP contribution in [-0.2, 0) is 11.3 Å². The molecule has 8 atom stereocenters. The number of Topliss-reactive ketones (excluding diaryl/α,β-unsaturated/α-hetero) is 1. The molecule has 154 valence electrons. The molecule has 7 unspecified atom stereocenters. The fourth-order valence-electron chi connectivity index (χ4n) is 8.44. The van der Waals surface area contributed by atoms with Crippen LogP contribution < -0.4 is 0 Å². The first-order valence-corrected chi connectivity index (χ1v) is 12.0. The molecule has 0 N–H and O–H groups in total. The molecular formula is C25H38N2O. The molecule has 5 rings (SSSR count). The van der Waals surface area contributed by atoms with Gasteiger partial charge in [-0.2, -0.15) is 5.10 Å². The zero-order valence-electron chi connectivity index (χ0n) is 18.1. The highest BCUT2D eigenvalue weighted by Gasteiger charge is 2.58. The zero-order chi connectivity index (χ0) is 19.5. The van der Waals surface area contributed by atoms with Crippen LogP contribution in [0.4, 0.5) is 0 Å². The van der Waals surface area contributed by atoms with E-state index in [0.29, 0.717) is 12.3 Å². The van der Waals surface area contributed by atoms with Crippen molar-refractivity contribution < 1.29 is 4.79 Å². The largest absolute Gasteiger partial charge is 0.297 e. The van der Waals surface area contributed by atoms with Crippen molar-refractivity contribution in [3.05, 3.63) is 18.0 Å². The number of hydrogen-bond acceptors (Lipinski definition) is 2. The maximum Gasteiger partial charge on any atom is 0.157 e. The van der Waals surface area contributed by atoms with E-state index in [2.05, 4.69) is 18.9 Å². The van der Waals surface area contributed by atoms with Crippen LogP contribution in [0.5, 0.6) is 0 Å². The fourth-order valence-corrected chi connectivity index (χ4v) is 8.44. The summed E-state index contributed by atoms with van der Waals surface area (Å²) in [5.41, 5.74) is 1.39. The number of hydrogen-bond donors (Lipinski definition) is 0. The molecule has 1 aromatic heterocycles. The normalized spacial score (nSPS) is 45.2. The van der Waals surface area contributed by atoms with Gasteiger partial charge in [-0.1, -0.05) is 20.3 Å². The van der Waals surface area contributed by atoms with E-state index >= 15 is 0 Å². The smallest absolute Gasteiger partial charge is 0.157 e. The SMILES string of the molecule is Cc1cnn(CC(=O)C2CC[C@H]3C4CCC5CC(C)CCC5C4CCC23C)c1. The van der Waals surface area contributed by atoms with Crippen LogP contribution in [0, 0.1) is 53.8 Å². The standard InChI is InChI=1S/C25H38N2O/c1-16-4-6-19-18(12-16)5-7-21-20(19)10-11-25(3)22(21)8-9-23(25)24(28)15-27-14-17(2)13-26-27/h13-14,16,18-23H,4-12,15H2,1-3H3/t16?,18?,19?,20?,21?,22-,23?,25?/m0/s1. The molecule has 0 radical (unpaired) electrons. The number of aryl methyl sites for hydroxylation is 1. The average Bonchev–Trinajstić information content (AvgIpc) is 3.23. The summed E-state index contributed by atoms with van der Waals surface area (Å²) in [6.07, 6.45) is 16.3. The third kappa shape index (κ3) is 2.99. The predicted molar refractivity (Wildman–Crippen MR) is 112 cm³/mol. The number of rotatable bonds is 3. The van der Waals surface area contributed by atoms with Crippen molar-refractivity contribution in [3.8, 4) is 0 Å². The molecule has 4 aliphatic carbocycles. The van der Waals surface area contributed by atoms with Gasteiger partial charge in [0, 0.05) is 12.1 Å². The maximum absolute atomic E-state index is 13.2. The van der Waals surface area contributed by atoms with E-state index in [1.54, 1.807) is 0 Å². The Labute approximate surface area is 170 Å². The fraction of sp³-hybridized carbons (Fsp3) is 0.840. The molecule has 4 saturated carbocycles. The Balaban J connectivity index is 1.32. The maximum atomic E-state index is 13.2. The average molecular weight is 383 g/mol. The molecule has 3 heteroatoms. The molecule has 0 amide bonds. The summed E-state index contributed by atoms with van der Waals surface area (Å²) in [5, 5.41) is 4.37. The Bertz CT molecular complexity index is 739. The van der Waals surface area contributed by atoms with E-state index in [-0.39, 0.29) is 11.3 Å². The van der Waals surface area contributed by atoms with Crippen molar-refractivity contribution in [3.63, 3.8) is 0 Å². The van der Waals surface area contributed by atoms with Crippen molar-refractivity contribution in [1.29, 1.82) is 0 Å².